The van der Waals surface area contributed by atoms with Crippen molar-refractivity contribution in [1.82, 2.24) is 9.21 Å². The first-order valence-corrected chi connectivity index (χ1v) is 10.1. The Balaban J connectivity index is 1.63. The van der Waals surface area contributed by atoms with E-state index in [1.165, 1.54) is 26.2 Å². The molecule has 0 aromatic heterocycles. The van der Waals surface area contributed by atoms with E-state index in [0.717, 1.165) is 12.1 Å². The van der Waals surface area contributed by atoms with Gasteiger partial charge in [0.25, 0.3) is 0 Å². The fourth-order valence-corrected chi connectivity index (χ4v) is 4.47. The summed E-state index contributed by atoms with van der Waals surface area (Å²) in [6.07, 6.45) is -4.50. The number of ether oxygens (including phenoxy) is 1. The van der Waals surface area contributed by atoms with Crippen molar-refractivity contribution in [3.63, 3.8) is 0 Å². The van der Waals surface area contributed by atoms with Crippen molar-refractivity contribution in [3.05, 3.63) is 29.8 Å². The maximum Gasteiger partial charge on any atom is 0.416 e. The van der Waals surface area contributed by atoms with Gasteiger partial charge in [0, 0.05) is 38.4 Å². The SMILES string of the molecule is O=C1N(CCS(=O)(=O)N2CCOCC2)CCN1c1cccc(C(F)(F)F)c1. The Bertz CT molecular complexity index is 794. The standard InChI is InChI=1S/C16H20F3N3O4S/c17-16(18,19)13-2-1-3-14(12-13)22-5-4-20(15(22)23)8-11-27(24,25)21-6-9-26-10-7-21/h1-3,12H,4-11H2. The number of amides is 2. The molecule has 0 atom stereocenters. The molecule has 0 N–H and O–H groups in total. The van der Waals surface area contributed by atoms with Gasteiger partial charge in [-0.3, -0.25) is 4.90 Å². The molecular weight excluding hydrogens is 387 g/mol. The molecule has 2 fully saturated rings. The molecule has 0 saturated carbocycles. The molecule has 7 nitrogen and oxygen atoms in total. The van der Waals surface area contributed by atoms with Crippen molar-refractivity contribution < 1.29 is 31.1 Å². The van der Waals surface area contributed by atoms with Crippen LogP contribution in [0.3, 0.4) is 0 Å². The predicted octanol–water partition coefficient (Wildman–Crippen LogP) is 1.61. The van der Waals surface area contributed by atoms with E-state index in [1.54, 1.807) is 0 Å². The maximum absolute atomic E-state index is 12.9. The number of carbonyl (C=O) groups is 1. The minimum atomic E-state index is -4.50. The van der Waals surface area contributed by atoms with Crippen LogP contribution in [-0.4, -0.2) is 75.3 Å². The first kappa shape index (κ1) is 19.9. The zero-order valence-electron chi connectivity index (χ0n) is 14.5. The average Bonchev–Trinajstić information content (AvgIpc) is 3.01. The highest BCUT2D eigenvalue weighted by atomic mass is 32.2. The Kier molecular flexibility index (Phi) is 5.63. The Hall–Kier alpha value is -1.85. The van der Waals surface area contributed by atoms with E-state index < -0.39 is 27.8 Å². The summed E-state index contributed by atoms with van der Waals surface area (Å²) >= 11 is 0. The number of rotatable bonds is 5. The first-order valence-electron chi connectivity index (χ1n) is 8.48. The Morgan fingerprint density at radius 1 is 1.07 bits per heavy atom. The Morgan fingerprint density at radius 2 is 1.78 bits per heavy atom. The van der Waals surface area contributed by atoms with Crippen molar-refractivity contribution in [1.29, 1.82) is 0 Å². The molecule has 2 saturated heterocycles. The minimum Gasteiger partial charge on any atom is -0.379 e. The quantitative estimate of drug-likeness (QED) is 0.744. The first-order chi connectivity index (χ1) is 12.7. The van der Waals surface area contributed by atoms with Gasteiger partial charge >= 0.3 is 12.2 Å². The molecule has 3 rings (SSSR count). The van der Waals surface area contributed by atoms with Crippen LogP contribution < -0.4 is 4.90 Å². The van der Waals surface area contributed by atoms with Crippen molar-refractivity contribution in [2.45, 2.75) is 6.18 Å². The summed E-state index contributed by atoms with van der Waals surface area (Å²) in [6.45, 7) is 1.70. The number of nitrogens with zero attached hydrogens (tertiary/aromatic N) is 3. The molecule has 0 spiro atoms. The monoisotopic (exact) mass is 407 g/mol. The fourth-order valence-electron chi connectivity index (χ4n) is 3.06. The van der Waals surface area contributed by atoms with Crippen LogP contribution in [-0.2, 0) is 20.9 Å². The second-order valence-corrected chi connectivity index (χ2v) is 8.39. The van der Waals surface area contributed by atoms with Gasteiger partial charge in [0.15, 0.2) is 0 Å². The number of urea groups is 1. The van der Waals surface area contributed by atoms with Crippen molar-refractivity contribution >= 4 is 21.7 Å². The molecule has 150 valence electrons. The largest absolute Gasteiger partial charge is 0.416 e. The van der Waals surface area contributed by atoms with Crippen LogP contribution in [0.15, 0.2) is 24.3 Å². The smallest absolute Gasteiger partial charge is 0.379 e. The summed E-state index contributed by atoms with van der Waals surface area (Å²) in [5, 5.41) is 0. The van der Waals surface area contributed by atoms with E-state index in [2.05, 4.69) is 0 Å². The van der Waals surface area contributed by atoms with Gasteiger partial charge < -0.3 is 9.64 Å². The molecule has 1 aromatic rings. The second-order valence-electron chi connectivity index (χ2n) is 6.30. The number of hydrogen-bond donors (Lipinski definition) is 0. The van der Waals surface area contributed by atoms with Crippen LogP contribution in [0.25, 0.3) is 0 Å². The second kappa shape index (κ2) is 7.64. The Labute approximate surface area is 155 Å². The molecule has 0 radical (unpaired) electrons. The highest BCUT2D eigenvalue weighted by molar-refractivity contribution is 7.89. The molecule has 2 aliphatic heterocycles. The van der Waals surface area contributed by atoms with E-state index >= 15 is 0 Å². The van der Waals surface area contributed by atoms with Crippen molar-refractivity contribution in [3.8, 4) is 0 Å². The molecule has 2 aliphatic rings. The van der Waals surface area contributed by atoms with Gasteiger partial charge in [0.1, 0.15) is 0 Å². The molecular formula is C16H20F3N3O4S. The van der Waals surface area contributed by atoms with Gasteiger partial charge in [-0.25, -0.2) is 13.2 Å². The van der Waals surface area contributed by atoms with E-state index in [9.17, 15) is 26.4 Å². The molecule has 0 unspecified atom stereocenters. The third-order valence-electron chi connectivity index (χ3n) is 4.56. The predicted molar refractivity (Wildman–Crippen MR) is 91.9 cm³/mol. The normalized spacial score (nSPS) is 19.7. The summed E-state index contributed by atoms with van der Waals surface area (Å²) in [7, 11) is -3.51. The summed E-state index contributed by atoms with van der Waals surface area (Å²) < 4.78 is 69.8. The highest BCUT2D eigenvalue weighted by Crippen LogP contribution is 2.32. The number of halogens is 3. The van der Waals surface area contributed by atoms with Gasteiger partial charge in [-0.2, -0.15) is 17.5 Å². The highest BCUT2D eigenvalue weighted by Gasteiger charge is 2.34. The average molecular weight is 407 g/mol. The number of morpholine rings is 1. The van der Waals surface area contributed by atoms with Crippen LogP contribution in [0.2, 0.25) is 0 Å². The third kappa shape index (κ3) is 4.53. The molecule has 2 heterocycles. The van der Waals surface area contributed by atoms with Crippen LogP contribution in [0.1, 0.15) is 5.56 Å². The third-order valence-corrected chi connectivity index (χ3v) is 6.41. The Morgan fingerprint density at radius 3 is 2.44 bits per heavy atom. The lowest BCUT2D eigenvalue weighted by atomic mass is 10.2. The van der Waals surface area contributed by atoms with Gasteiger partial charge in [-0.15, -0.1) is 0 Å². The van der Waals surface area contributed by atoms with Crippen LogP contribution >= 0.6 is 0 Å². The molecule has 27 heavy (non-hydrogen) atoms. The number of benzene rings is 1. The molecule has 11 heteroatoms. The van der Waals surface area contributed by atoms with E-state index in [-0.39, 0.29) is 44.2 Å². The number of sulfonamides is 1. The van der Waals surface area contributed by atoms with Crippen LogP contribution in [0.4, 0.5) is 23.7 Å². The molecule has 1 aromatic carbocycles. The van der Waals surface area contributed by atoms with Gasteiger partial charge in [0.2, 0.25) is 10.0 Å². The zero-order valence-corrected chi connectivity index (χ0v) is 15.3. The van der Waals surface area contributed by atoms with Gasteiger partial charge in [-0.1, -0.05) is 6.07 Å². The number of alkyl halides is 3. The summed E-state index contributed by atoms with van der Waals surface area (Å²) in [4.78, 5) is 15.1. The molecule has 0 aliphatic carbocycles. The summed E-state index contributed by atoms with van der Waals surface area (Å²) in [5.41, 5.74) is -0.686. The summed E-state index contributed by atoms with van der Waals surface area (Å²) in [5.74, 6) is -0.227. The fraction of sp³-hybridized carbons (Fsp3) is 0.562. The van der Waals surface area contributed by atoms with Gasteiger partial charge in [-0.05, 0) is 18.2 Å². The summed E-state index contributed by atoms with van der Waals surface area (Å²) in [6, 6.07) is 4.05. The van der Waals surface area contributed by atoms with E-state index in [4.69, 9.17) is 4.74 Å². The number of anilines is 1. The van der Waals surface area contributed by atoms with E-state index in [0.29, 0.717) is 13.2 Å². The van der Waals surface area contributed by atoms with Crippen LogP contribution in [0.5, 0.6) is 0 Å². The molecule has 0 bridgehead atoms. The number of carbonyl (C=O) groups excluding carboxylic acids is 1. The molecule has 2 amide bonds. The number of hydrogen-bond acceptors (Lipinski definition) is 4. The van der Waals surface area contributed by atoms with Crippen LogP contribution in [0, 0.1) is 0 Å². The van der Waals surface area contributed by atoms with Crippen molar-refractivity contribution in [2.24, 2.45) is 0 Å². The van der Waals surface area contributed by atoms with E-state index in [1.807, 2.05) is 0 Å². The lowest BCUT2D eigenvalue weighted by Crippen LogP contribution is -2.44. The maximum atomic E-state index is 12.9. The van der Waals surface area contributed by atoms with Gasteiger partial charge in [0.05, 0.1) is 24.5 Å². The minimum absolute atomic E-state index is 0.00597. The van der Waals surface area contributed by atoms with Crippen molar-refractivity contribution in [2.75, 3.05) is 56.6 Å². The zero-order chi connectivity index (χ0) is 19.7. The topological polar surface area (TPSA) is 70.2 Å². The lowest BCUT2D eigenvalue weighted by Gasteiger charge is -2.27. The lowest BCUT2D eigenvalue weighted by molar-refractivity contribution is -0.137.